The first-order valence-corrected chi connectivity index (χ1v) is 9.60. The Hall–Kier alpha value is -2.47. The maximum absolute atomic E-state index is 12.3. The summed E-state index contributed by atoms with van der Waals surface area (Å²) < 4.78 is 0. The zero-order valence-corrected chi connectivity index (χ0v) is 16.7. The second-order valence-electron chi connectivity index (χ2n) is 7.56. The smallest absolute Gasteiger partial charge is 0.238 e. The number of amides is 1. The highest BCUT2D eigenvalue weighted by molar-refractivity contribution is 5.92. The minimum absolute atomic E-state index is 0.0345. The van der Waals surface area contributed by atoms with Gasteiger partial charge in [-0.05, 0) is 26.0 Å². The summed E-state index contributed by atoms with van der Waals surface area (Å²) in [6.45, 7) is 12.1. The van der Waals surface area contributed by atoms with Gasteiger partial charge in [-0.15, -0.1) is 0 Å². The second kappa shape index (κ2) is 8.48. The van der Waals surface area contributed by atoms with Crippen LogP contribution in [0.1, 0.15) is 36.8 Å². The molecule has 0 spiro atoms. The van der Waals surface area contributed by atoms with Gasteiger partial charge < -0.3 is 10.2 Å². The van der Waals surface area contributed by atoms with Crippen LogP contribution in [-0.4, -0.2) is 53.5 Å². The SMILES string of the molecule is Cc1ccc(NC(=O)CN2CCN(c3cc(C)nc(C(C)C)n3)CC2)cc1. The van der Waals surface area contributed by atoms with Crippen LogP contribution in [0.25, 0.3) is 0 Å². The molecule has 0 aliphatic carbocycles. The number of carbonyl (C=O) groups excluding carboxylic acids is 1. The van der Waals surface area contributed by atoms with Crippen molar-refractivity contribution in [3.63, 3.8) is 0 Å². The number of rotatable bonds is 5. The minimum atomic E-state index is 0.0345. The third-order valence-electron chi connectivity index (χ3n) is 4.77. The number of benzene rings is 1. The van der Waals surface area contributed by atoms with E-state index in [0.29, 0.717) is 12.5 Å². The average molecular weight is 367 g/mol. The Morgan fingerprint density at radius 1 is 1.07 bits per heavy atom. The number of nitrogens with zero attached hydrogens (tertiary/aromatic N) is 4. The van der Waals surface area contributed by atoms with E-state index in [2.05, 4.69) is 33.9 Å². The molecule has 1 N–H and O–H groups in total. The highest BCUT2D eigenvalue weighted by Crippen LogP contribution is 2.18. The first kappa shape index (κ1) is 19.3. The summed E-state index contributed by atoms with van der Waals surface area (Å²) in [6, 6.07) is 9.93. The molecule has 27 heavy (non-hydrogen) atoms. The summed E-state index contributed by atoms with van der Waals surface area (Å²) in [5.74, 6) is 2.24. The van der Waals surface area contributed by atoms with Crippen LogP contribution in [0, 0.1) is 13.8 Å². The number of hydrogen-bond donors (Lipinski definition) is 1. The van der Waals surface area contributed by atoms with Crippen LogP contribution < -0.4 is 10.2 Å². The third kappa shape index (κ3) is 5.26. The van der Waals surface area contributed by atoms with Crippen molar-refractivity contribution >= 4 is 17.4 Å². The third-order valence-corrected chi connectivity index (χ3v) is 4.77. The fourth-order valence-corrected chi connectivity index (χ4v) is 3.17. The largest absolute Gasteiger partial charge is 0.354 e. The molecule has 1 saturated heterocycles. The molecule has 0 atom stereocenters. The van der Waals surface area contributed by atoms with Crippen LogP contribution in [0.5, 0.6) is 0 Å². The van der Waals surface area contributed by atoms with Crippen LogP contribution in [0.4, 0.5) is 11.5 Å². The first-order chi connectivity index (χ1) is 12.9. The van der Waals surface area contributed by atoms with Crippen molar-refractivity contribution in [1.29, 1.82) is 0 Å². The minimum Gasteiger partial charge on any atom is -0.354 e. The molecule has 1 amide bonds. The van der Waals surface area contributed by atoms with E-state index in [0.717, 1.165) is 49.2 Å². The molecular weight excluding hydrogens is 338 g/mol. The molecule has 0 bridgehead atoms. The van der Waals surface area contributed by atoms with Gasteiger partial charge in [-0.2, -0.15) is 0 Å². The van der Waals surface area contributed by atoms with E-state index >= 15 is 0 Å². The van der Waals surface area contributed by atoms with Crippen molar-refractivity contribution < 1.29 is 4.79 Å². The van der Waals surface area contributed by atoms with Crippen molar-refractivity contribution in [3.05, 3.63) is 47.4 Å². The molecule has 2 aromatic rings. The number of carbonyl (C=O) groups is 1. The predicted octanol–water partition coefficient (Wildman–Crippen LogP) is 2.98. The van der Waals surface area contributed by atoms with Gasteiger partial charge in [0.2, 0.25) is 5.91 Å². The normalized spacial score (nSPS) is 15.2. The zero-order chi connectivity index (χ0) is 19.4. The molecule has 144 valence electrons. The molecule has 1 aliphatic heterocycles. The van der Waals surface area contributed by atoms with E-state index in [9.17, 15) is 4.79 Å². The van der Waals surface area contributed by atoms with Gasteiger partial charge in [-0.3, -0.25) is 9.69 Å². The number of piperazine rings is 1. The van der Waals surface area contributed by atoms with E-state index in [1.165, 1.54) is 5.56 Å². The van der Waals surface area contributed by atoms with Crippen LogP contribution in [0.3, 0.4) is 0 Å². The standard InChI is InChI=1S/C21H29N5O/c1-15(2)21-22-17(4)13-19(24-21)26-11-9-25(10-12-26)14-20(27)23-18-7-5-16(3)6-8-18/h5-8,13,15H,9-12,14H2,1-4H3,(H,23,27). The Balaban J connectivity index is 1.53. The number of aromatic nitrogens is 2. The summed E-state index contributed by atoms with van der Waals surface area (Å²) in [4.78, 5) is 26.0. The summed E-state index contributed by atoms with van der Waals surface area (Å²) in [7, 11) is 0. The molecule has 0 saturated carbocycles. The van der Waals surface area contributed by atoms with E-state index in [1.54, 1.807) is 0 Å². The van der Waals surface area contributed by atoms with Crippen molar-refractivity contribution in [2.24, 2.45) is 0 Å². The second-order valence-corrected chi connectivity index (χ2v) is 7.56. The van der Waals surface area contributed by atoms with E-state index in [-0.39, 0.29) is 5.91 Å². The lowest BCUT2D eigenvalue weighted by Crippen LogP contribution is -2.49. The molecule has 1 aliphatic rings. The van der Waals surface area contributed by atoms with Gasteiger partial charge in [0.25, 0.3) is 0 Å². The van der Waals surface area contributed by atoms with Gasteiger partial charge >= 0.3 is 0 Å². The number of nitrogens with one attached hydrogen (secondary N) is 1. The van der Waals surface area contributed by atoms with E-state index in [4.69, 9.17) is 4.98 Å². The lowest BCUT2D eigenvalue weighted by Gasteiger charge is -2.35. The Labute approximate surface area is 161 Å². The number of hydrogen-bond acceptors (Lipinski definition) is 5. The molecule has 3 rings (SSSR count). The Bertz CT molecular complexity index is 780. The maximum Gasteiger partial charge on any atom is 0.238 e. The fraction of sp³-hybridized carbons (Fsp3) is 0.476. The molecular formula is C21H29N5O. The lowest BCUT2D eigenvalue weighted by molar-refractivity contribution is -0.117. The summed E-state index contributed by atoms with van der Waals surface area (Å²) in [5.41, 5.74) is 3.04. The molecule has 0 unspecified atom stereocenters. The lowest BCUT2D eigenvalue weighted by atomic mass is 10.2. The highest BCUT2D eigenvalue weighted by atomic mass is 16.2. The van der Waals surface area contributed by atoms with Crippen LogP contribution in [0.15, 0.2) is 30.3 Å². The molecule has 0 radical (unpaired) electrons. The van der Waals surface area contributed by atoms with E-state index < -0.39 is 0 Å². The van der Waals surface area contributed by atoms with Gasteiger partial charge in [-0.25, -0.2) is 9.97 Å². The van der Waals surface area contributed by atoms with Crippen molar-refractivity contribution in [2.45, 2.75) is 33.6 Å². The Morgan fingerprint density at radius 2 is 1.74 bits per heavy atom. The van der Waals surface area contributed by atoms with Gasteiger partial charge in [0.15, 0.2) is 0 Å². The molecule has 2 heterocycles. The van der Waals surface area contributed by atoms with E-state index in [1.807, 2.05) is 44.2 Å². The van der Waals surface area contributed by atoms with Gasteiger partial charge in [0, 0.05) is 49.5 Å². The number of aryl methyl sites for hydroxylation is 2. The van der Waals surface area contributed by atoms with Gasteiger partial charge in [0.05, 0.1) is 6.54 Å². The monoisotopic (exact) mass is 367 g/mol. The highest BCUT2D eigenvalue weighted by Gasteiger charge is 2.21. The summed E-state index contributed by atoms with van der Waals surface area (Å²) >= 11 is 0. The van der Waals surface area contributed by atoms with Crippen molar-refractivity contribution in [2.75, 3.05) is 42.9 Å². The Morgan fingerprint density at radius 3 is 2.37 bits per heavy atom. The molecule has 6 nitrogen and oxygen atoms in total. The van der Waals surface area contributed by atoms with Gasteiger partial charge in [-0.1, -0.05) is 31.5 Å². The predicted molar refractivity (Wildman–Crippen MR) is 109 cm³/mol. The van der Waals surface area contributed by atoms with Crippen LogP contribution in [-0.2, 0) is 4.79 Å². The summed E-state index contributed by atoms with van der Waals surface area (Å²) in [5, 5.41) is 2.97. The van der Waals surface area contributed by atoms with Crippen molar-refractivity contribution in [3.8, 4) is 0 Å². The fourth-order valence-electron chi connectivity index (χ4n) is 3.17. The van der Waals surface area contributed by atoms with Crippen molar-refractivity contribution in [1.82, 2.24) is 14.9 Å². The molecule has 1 fully saturated rings. The first-order valence-electron chi connectivity index (χ1n) is 9.60. The van der Waals surface area contributed by atoms with Crippen LogP contribution in [0.2, 0.25) is 0 Å². The maximum atomic E-state index is 12.3. The number of anilines is 2. The topological polar surface area (TPSA) is 61.4 Å². The average Bonchev–Trinajstić information content (AvgIpc) is 2.63. The van der Waals surface area contributed by atoms with Gasteiger partial charge in [0.1, 0.15) is 11.6 Å². The summed E-state index contributed by atoms with van der Waals surface area (Å²) in [6.07, 6.45) is 0. The molecule has 1 aromatic carbocycles. The zero-order valence-electron chi connectivity index (χ0n) is 16.7. The Kier molecular flexibility index (Phi) is 6.06. The molecule has 1 aromatic heterocycles. The van der Waals surface area contributed by atoms with Crippen LogP contribution >= 0.6 is 0 Å². The molecule has 6 heteroatoms. The quantitative estimate of drug-likeness (QED) is 0.880.